The van der Waals surface area contributed by atoms with Crippen molar-refractivity contribution in [2.24, 2.45) is 5.10 Å². The van der Waals surface area contributed by atoms with Crippen LogP contribution in [-0.2, 0) is 4.79 Å². The Morgan fingerprint density at radius 3 is 2.95 bits per heavy atom. The number of anilines is 1. The van der Waals surface area contributed by atoms with Crippen LogP contribution in [0.3, 0.4) is 0 Å². The van der Waals surface area contributed by atoms with Crippen molar-refractivity contribution < 1.29 is 19.4 Å². The Morgan fingerprint density at radius 1 is 1.52 bits per heavy atom. The SMILES string of the molecule is COc1cc(/C=N\n2nnnc2N)ccc1OCC(=O)O. The van der Waals surface area contributed by atoms with Crippen LogP contribution in [0.15, 0.2) is 23.3 Å². The molecule has 0 saturated heterocycles. The highest BCUT2D eigenvalue weighted by Crippen LogP contribution is 2.27. The summed E-state index contributed by atoms with van der Waals surface area (Å²) >= 11 is 0. The van der Waals surface area contributed by atoms with E-state index in [-0.39, 0.29) is 5.95 Å². The van der Waals surface area contributed by atoms with Crippen molar-refractivity contribution in [1.82, 2.24) is 20.3 Å². The van der Waals surface area contributed by atoms with Crippen molar-refractivity contribution in [3.63, 3.8) is 0 Å². The third-order valence-electron chi connectivity index (χ3n) is 2.33. The number of aliphatic carboxylic acids is 1. The average Bonchev–Trinajstić information content (AvgIpc) is 2.88. The molecule has 10 nitrogen and oxygen atoms in total. The van der Waals surface area contributed by atoms with E-state index in [1.54, 1.807) is 18.2 Å². The van der Waals surface area contributed by atoms with Crippen LogP contribution < -0.4 is 15.2 Å². The molecule has 110 valence electrons. The summed E-state index contributed by atoms with van der Waals surface area (Å²) in [5.41, 5.74) is 6.14. The van der Waals surface area contributed by atoms with Gasteiger partial charge in [-0.15, -0.1) is 0 Å². The van der Waals surface area contributed by atoms with Crippen molar-refractivity contribution in [3.05, 3.63) is 23.8 Å². The number of hydrogen-bond donors (Lipinski definition) is 2. The number of aromatic nitrogens is 4. The maximum atomic E-state index is 10.5. The molecule has 3 N–H and O–H groups in total. The van der Waals surface area contributed by atoms with Gasteiger partial charge >= 0.3 is 5.97 Å². The first kappa shape index (κ1) is 14.2. The van der Waals surface area contributed by atoms with Crippen LogP contribution in [0.4, 0.5) is 5.95 Å². The van der Waals surface area contributed by atoms with Gasteiger partial charge in [0.1, 0.15) is 0 Å². The van der Waals surface area contributed by atoms with E-state index in [2.05, 4.69) is 20.6 Å². The Bertz CT molecular complexity index is 668. The number of ether oxygens (including phenoxy) is 2. The van der Waals surface area contributed by atoms with Crippen LogP contribution in [0.1, 0.15) is 5.56 Å². The molecule has 10 heteroatoms. The Labute approximate surface area is 118 Å². The molecule has 0 fully saturated rings. The lowest BCUT2D eigenvalue weighted by molar-refractivity contribution is -0.139. The first-order valence-corrected chi connectivity index (χ1v) is 5.71. The molecule has 0 unspecified atom stereocenters. The number of tetrazole rings is 1. The number of nitrogen functional groups attached to an aromatic ring is 1. The van der Waals surface area contributed by atoms with Gasteiger partial charge in [0.25, 0.3) is 5.95 Å². The fourth-order valence-electron chi connectivity index (χ4n) is 1.42. The van der Waals surface area contributed by atoms with Gasteiger partial charge in [-0.3, -0.25) is 0 Å². The summed E-state index contributed by atoms with van der Waals surface area (Å²) in [5, 5.41) is 22.9. The van der Waals surface area contributed by atoms with Gasteiger partial charge in [-0.05, 0) is 34.2 Å². The second-order valence-corrected chi connectivity index (χ2v) is 3.76. The maximum absolute atomic E-state index is 10.5. The second kappa shape index (κ2) is 6.32. The fourth-order valence-corrected chi connectivity index (χ4v) is 1.42. The minimum atomic E-state index is -1.07. The minimum absolute atomic E-state index is 0.0552. The first-order chi connectivity index (χ1) is 10.1. The van der Waals surface area contributed by atoms with Crippen LogP contribution in [0, 0.1) is 0 Å². The molecule has 0 aliphatic rings. The molecule has 0 amide bonds. The van der Waals surface area contributed by atoms with Crippen LogP contribution in [-0.4, -0.2) is 51.3 Å². The monoisotopic (exact) mass is 292 g/mol. The van der Waals surface area contributed by atoms with E-state index in [4.69, 9.17) is 20.3 Å². The molecule has 0 aliphatic heterocycles. The number of benzene rings is 1. The third kappa shape index (κ3) is 3.65. The molecule has 0 radical (unpaired) electrons. The maximum Gasteiger partial charge on any atom is 0.341 e. The number of carboxylic acids is 1. The summed E-state index contributed by atoms with van der Waals surface area (Å²) in [6.45, 7) is -0.453. The highest BCUT2D eigenvalue weighted by molar-refractivity contribution is 5.81. The van der Waals surface area contributed by atoms with E-state index in [0.29, 0.717) is 17.1 Å². The zero-order chi connectivity index (χ0) is 15.2. The van der Waals surface area contributed by atoms with Crippen LogP contribution in [0.5, 0.6) is 11.5 Å². The predicted octanol–water partition coefficient (Wildman–Crippen LogP) is -0.391. The molecule has 21 heavy (non-hydrogen) atoms. The number of nitrogens with two attached hydrogens (primary N) is 1. The van der Waals surface area contributed by atoms with E-state index in [1.165, 1.54) is 13.3 Å². The smallest absolute Gasteiger partial charge is 0.341 e. The van der Waals surface area contributed by atoms with E-state index < -0.39 is 12.6 Å². The normalized spacial score (nSPS) is 10.7. The Kier molecular flexibility index (Phi) is 4.29. The molecule has 0 atom stereocenters. The summed E-state index contributed by atoms with van der Waals surface area (Å²) in [6.07, 6.45) is 1.47. The Morgan fingerprint density at radius 2 is 2.33 bits per heavy atom. The summed E-state index contributed by atoms with van der Waals surface area (Å²) < 4.78 is 10.2. The number of methoxy groups -OCH3 is 1. The minimum Gasteiger partial charge on any atom is -0.493 e. The molecule has 0 bridgehead atoms. The molecule has 2 aromatic rings. The number of hydrogen-bond acceptors (Lipinski definition) is 8. The van der Waals surface area contributed by atoms with Crippen LogP contribution in [0.2, 0.25) is 0 Å². The Balaban J connectivity index is 2.16. The van der Waals surface area contributed by atoms with Gasteiger partial charge in [0.05, 0.1) is 13.3 Å². The second-order valence-electron chi connectivity index (χ2n) is 3.76. The number of carbonyl (C=O) groups is 1. The predicted molar refractivity (Wildman–Crippen MR) is 71.3 cm³/mol. The number of nitrogens with zero attached hydrogens (tertiary/aromatic N) is 5. The van der Waals surface area contributed by atoms with Gasteiger partial charge in [0.2, 0.25) is 0 Å². The number of carboxylic acid groups (broad SMARTS) is 1. The van der Waals surface area contributed by atoms with E-state index in [1.807, 2.05) is 0 Å². The lowest BCUT2D eigenvalue weighted by atomic mass is 10.2. The highest BCUT2D eigenvalue weighted by atomic mass is 16.5. The Hall–Kier alpha value is -3.17. The van der Waals surface area contributed by atoms with Gasteiger partial charge in [0, 0.05) is 0 Å². The van der Waals surface area contributed by atoms with Crippen molar-refractivity contribution in [2.45, 2.75) is 0 Å². The summed E-state index contributed by atoms with van der Waals surface area (Å²) in [5.74, 6) is -0.319. The van der Waals surface area contributed by atoms with Gasteiger partial charge in [-0.1, -0.05) is 9.89 Å². The highest BCUT2D eigenvalue weighted by Gasteiger charge is 2.07. The van der Waals surface area contributed by atoms with Crippen molar-refractivity contribution >= 4 is 18.1 Å². The molecule has 1 heterocycles. The summed E-state index contributed by atoms with van der Waals surface area (Å²) in [6, 6.07) is 4.87. The van der Waals surface area contributed by atoms with Gasteiger partial charge in [0.15, 0.2) is 18.1 Å². The molecular formula is C11H12N6O4. The topological polar surface area (TPSA) is 138 Å². The van der Waals surface area contributed by atoms with E-state index in [0.717, 1.165) is 4.79 Å². The van der Waals surface area contributed by atoms with Gasteiger partial charge < -0.3 is 20.3 Å². The molecule has 1 aromatic carbocycles. The lowest BCUT2D eigenvalue weighted by Gasteiger charge is -2.09. The molecule has 0 aliphatic carbocycles. The molecule has 1 aromatic heterocycles. The molecule has 2 rings (SSSR count). The molecular weight excluding hydrogens is 280 g/mol. The molecule has 0 saturated carbocycles. The van der Waals surface area contributed by atoms with Crippen molar-refractivity contribution in [2.75, 3.05) is 19.5 Å². The van der Waals surface area contributed by atoms with Crippen LogP contribution in [0.25, 0.3) is 0 Å². The van der Waals surface area contributed by atoms with Gasteiger partial charge in [-0.2, -0.15) is 5.10 Å². The van der Waals surface area contributed by atoms with Crippen molar-refractivity contribution in [3.8, 4) is 11.5 Å². The van der Waals surface area contributed by atoms with Crippen LogP contribution >= 0.6 is 0 Å². The quantitative estimate of drug-likeness (QED) is 0.686. The largest absolute Gasteiger partial charge is 0.493 e. The first-order valence-electron chi connectivity index (χ1n) is 5.71. The lowest BCUT2D eigenvalue weighted by Crippen LogP contribution is -2.10. The molecule has 0 spiro atoms. The zero-order valence-electron chi connectivity index (χ0n) is 11.0. The van der Waals surface area contributed by atoms with Crippen molar-refractivity contribution in [1.29, 1.82) is 0 Å². The number of rotatable bonds is 6. The summed E-state index contributed by atoms with van der Waals surface area (Å²) in [4.78, 5) is 11.5. The van der Waals surface area contributed by atoms with E-state index >= 15 is 0 Å². The standard InChI is InChI=1S/C11H12N6O4/c1-20-9-4-7(2-3-8(9)21-6-10(18)19)5-13-17-11(12)14-15-16-17/h2-5H,6H2,1H3,(H,18,19)(H2,12,14,16)/b13-5-. The summed E-state index contributed by atoms with van der Waals surface area (Å²) in [7, 11) is 1.45. The zero-order valence-corrected chi connectivity index (χ0v) is 11.0. The van der Waals surface area contributed by atoms with E-state index in [9.17, 15) is 4.79 Å². The third-order valence-corrected chi connectivity index (χ3v) is 2.33. The fraction of sp³-hybridized carbons (Fsp3) is 0.182. The average molecular weight is 292 g/mol. The van der Waals surface area contributed by atoms with Gasteiger partial charge in [-0.25, -0.2) is 4.79 Å².